The number of carbonyl (C=O) groups excluding carboxylic acids is 1. The van der Waals surface area contributed by atoms with Gasteiger partial charge >= 0.3 is 0 Å². The van der Waals surface area contributed by atoms with Crippen molar-refractivity contribution in [2.24, 2.45) is 0 Å². The van der Waals surface area contributed by atoms with Crippen LogP contribution in [0.4, 0.5) is 0 Å². The van der Waals surface area contributed by atoms with Gasteiger partial charge in [-0.3, -0.25) is 19.7 Å². The second kappa shape index (κ2) is 8.67. The second-order valence-electron chi connectivity index (χ2n) is 7.15. The molecule has 3 heterocycles. The average Bonchev–Trinajstić information content (AvgIpc) is 2.75. The number of amides is 1. The summed E-state index contributed by atoms with van der Waals surface area (Å²) in [5, 5.41) is 6.34. The van der Waals surface area contributed by atoms with Crippen molar-refractivity contribution < 1.29 is 4.79 Å². The van der Waals surface area contributed by atoms with Gasteiger partial charge in [0.2, 0.25) is 5.91 Å². The highest BCUT2D eigenvalue weighted by Crippen LogP contribution is 2.21. The van der Waals surface area contributed by atoms with Gasteiger partial charge in [-0.1, -0.05) is 24.3 Å². The van der Waals surface area contributed by atoms with Crippen LogP contribution in [0.1, 0.15) is 28.4 Å². The molecule has 0 spiro atoms. The lowest BCUT2D eigenvalue weighted by Gasteiger charge is -2.27. The molecule has 0 aliphatic carbocycles. The molecule has 0 radical (unpaired) electrons. The molecule has 1 aliphatic rings. The van der Waals surface area contributed by atoms with E-state index in [1.807, 2.05) is 36.7 Å². The second-order valence-corrected chi connectivity index (χ2v) is 7.15. The van der Waals surface area contributed by atoms with Gasteiger partial charge in [0.05, 0.1) is 5.70 Å². The van der Waals surface area contributed by atoms with Gasteiger partial charge in [0.25, 0.3) is 0 Å². The fraction of sp³-hybridized carbons (Fsp3) is 0.174. The van der Waals surface area contributed by atoms with Crippen molar-refractivity contribution in [1.29, 1.82) is 0 Å². The number of nitrogens with zero attached hydrogens (tertiary/aromatic N) is 3. The van der Waals surface area contributed by atoms with Gasteiger partial charge in [0.15, 0.2) is 0 Å². The van der Waals surface area contributed by atoms with Crippen molar-refractivity contribution in [2.45, 2.75) is 19.3 Å². The Bertz CT molecular complexity index is 987. The summed E-state index contributed by atoms with van der Waals surface area (Å²) in [6.07, 6.45) is 8.39. The average molecular weight is 385 g/mol. The van der Waals surface area contributed by atoms with Crippen molar-refractivity contribution >= 4 is 11.6 Å². The Labute approximate surface area is 170 Å². The van der Waals surface area contributed by atoms with Crippen LogP contribution in [0.5, 0.6) is 0 Å². The first kappa shape index (κ1) is 18.8. The Morgan fingerprint density at radius 1 is 0.897 bits per heavy atom. The Balaban J connectivity index is 1.41. The molecule has 0 saturated heterocycles. The number of hydrogen-bond acceptors (Lipinski definition) is 5. The molecule has 1 unspecified atom stereocenters. The van der Waals surface area contributed by atoms with Crippen molar-refractivity contribution in [3.05, 3.63) is 102 Å². The Kier molecular flexibility index (Phi) is 5.63. The first-order chi connectivity index (χ1) is 14.2. The van der Waals surface area contributed by atoms with Crippen LogP contribution >= 0.6 is 0 Å². The van der Waals surface area contributed by atoms with E-state index in [9.17, 15) is 4.79 Å². The minimum absolute atomic E-state index is 0.117. The Morgan fingerprint density at radius 3 is 2.31 bits per heavy atom. The number of carbonyl (C=O) groups is 1. The molecule has 6 nitrogen and oxygen atoms in total. The predicted molar refractivity (Wildman–Crippen MR) is 112 cm³/mol. The van der Waals surface area contributed by atoms with Gasteiger partial charge in [-0.25, -0.2) is 0 Å². The highest BCUT2D eigenvalue weighted by Gasteiger charge is 2.21. The SMILES string of the molecule is CN(Cc1ccncc1)Cc1ccc(C2NC(=O)C=C(c3cccnc3)N2)cc1. The molecular weight excluding hydrogens is 362 g/mol. The molecule has 1 aliphatic heterocycles. The third kappa shape index (κ3) is 4.86. The zero-order valence-electron chi connectivity index (χ0n) is 16.2. The van der Waals surface area contributed by atoms with Gasteiger partial charge in [0.1, 0.15) is 6.17 Å². The number of benzene rings is 1. The molecule has 3 aromatic rings. The van der Waals surface area contributed by atoms with Gasteiger partial charge < -0.3 is 10.6 Å². The summed E-state index contributed by atoms with van der Waals surface area (Å²) in [4.78, 5) is 22.6. The van der Waals surface area contributed by atoms with E-state index >= 15 is 0 Å². The third-order valence-corrected chi connectivity index (χ3v) is 4.80. The van der Waals surface area contributed by atoms with Crippen LogP contribution in [-0.2, 0) is 17.9 Å². The lowest BCUT2D eigenvalue weighted by atomic mass is 10.1. The smallest absolute Gasteiger partial charge is 0.247 e. The van der Waals surface area contributed by atoms with Crippen LogP contribution in [0.25, 0.3) is 5.70 Å². The molecule has 0 fully saturated rings. The zero-order valence-corrected chi connectivity index (χ0v) is 16.2. The van der Waals surface area contributed by atoms with Gasteiger partial charge in [-0.05, 0) is 48.0 Å². The number of pyridine rings is 2. The number of hydrogen-bond donors (Lipinski definition) is 2. The van der Waals surface area contributed by atoms with E-state index in [4.69, 9.17) is 0 Å². The molecule has 4 rings (SSSR count). The van der Waals surface area contributed by atoms with E-state index < -0.39 is 0 Å². The molecule has 0 bridgehead atoms. The Hall–Kier alpha value is -3.51. The lowest BCUT2D eigenvalue weighted by Crippen LogP contribution is -2.40. The van der Waals surface area contributed by atoms with Crippen LogP contribution in [0.3, 0.4) is 0 Å². The van der Waals surface area contributed by atoms with Crippen molar-refractivity contribution in [3.8, 4) is 0 Å². The molecule has 29 heavy (non-hydrogen) atoms. The van der Waals surface area contributed by atoms with E-state index in [0.717, 1.165) is 29.9 Å². The highest BCUT2D eigenvalue weighted by molar-refractivity contribution is 5.96. The van der Waals surface area contributed by atoms with Crippen molar-refractivity contribution in [1.82, 2.24) is 25.5 Å². The molecule has 1 amide bonds. The van der Waals surface area contributed by atoms with Crippen molar-refractivity contribution in [3.63, 3.8) is 0 Å². The van der Waals surface area contributed by atoms with Gasteiger partial charge in [0, 0.05) is 49.5 Å². The summed E-state index contributed by atoms with van der Waals surface area (Å²) in [7, 11) is 2.10. The minimum atomic E-state index is -0.272. The van der Waals surface area contributed by atoms with Crippen LogP contribution in [0.2, 0.25) is 0 Å². The van der Waals surface area contributed by atoms with Crippen LogP contribution < -0.4 is 10.6 Å². The topological polar surface area (TPSA) is 70.2 Å². The van der Waals surface area contributed by atoms with E-state index in [2.05, 4.69) is 56.8 Å². The molecule has 0 saturated carbocycles. The first-order valence-electron chi connectivity index (χ1n) is 9.53. The molecule has 146 valence electrons. The number of rotatable bonds is 6. The fourth-order valence-corrected chi connectivity index (χ4v) is 3.39. The van der Waals surface area contributed by atoms with Gasteiger partial charge in [-0.15, -0.1) is 0 Å². The molecule has 2 aromatic heterocycles. The summed E-state index contributed by atoms with van der Waals surface area (Å²) in [6.45, 7) is 1.71. The van der Waals surface area contributed by atoms with E-state index in [1.54, 1.807) is 18.5 Å². The summed E-state index contributed by atoms with van der Waals surface area (Å²) in [5.41, 5.74) is 5.13. The molecule has 1 atom stereocenters. The highest BCUT2D eigenvalue weighted by atomic mass is 16.1. The minimum Gasteiger partial charge on any atom is -0.361 e. The van der Waals surface area contributed by atoms with E-state index in [-0.39, 0.29) is 12.1 Å². The third-order valence-electron chi connectivity index (χ3n) is 4.80. The van der Waals surface area contributed by atoms with Crippen LogP contribution in [-0.4, -0.2) is 27.8 Å². The Morgan fingerprint density at radius 2 is 1.62 bits per heavy atom. The number of nitrogens with one attached hydrogen (secondary N) is 2. The van der Waals surface area contributed by atoms with Crippen molar-refractivity contribution in [2.75, 3.05) is 7.05 Å². The predicted octanol–water partition coefficient (Wildman–Crippen LogP) is 2.87. The maximum Gasteiger partial charge on any atom is 0.247 e. The summed E-state index contributed by atoms with van der Waals surface area (Å²) < 4.78 is 0. The monoisotopic (exact) mass is 385 g/mol. The van der Waals surface area contributed by atoms with E-state index in [1.165, 1.54) is 11.1 Å². The standard InChI is InChI=1S/C23H23N5O/c1-28(16-18-8-11-24-12-9-18)15-17-4-6-19(7-5-17)23-26-21(13-22(29)27-23)20-3-2-10-25-14-20/h2-14,23,26H,15-16H2,1H3,(H,27,29). The maximum atomic E-state index is 12.2. The molecule has 2 N–H and O–H groups in total. The van der Waals surface area contributed by atoms with Gasteiger partial charge in [-0.2, -0.15) is 0 Å². The normalized spacial score (nSPS) is 16.1. The largest absolute Gasteiger partial charge is 0.361 e. The fourth-order valence-electron chi connectivity index (χ4n) is 3.39. The molecular formula is C23H23N5O. The molecule has 6 heteroatoms. The maximum absolute atomic E-state index is 12.2. The number of aromatic nitrogens is 2. The zero-order chi connectivity index (χ0) is 20.1. The summed E-state index contributed by atoms with van der Waals surface area (Å²) in [6, 6.07) is 16.2. The lowest BCUT2D eigenvalue weighted by molar-refractivity contribution is -0.117. The quantitative estimate of drug-likeness (QED) is 0.683. The first-order valence-corrected chi connectivity index (χ1v) is 9.53. The summed E-state index contributed by atoms with van der Waals surface area (Å²) in [5.74, 6) is -0.117. The molecule has 1 aromatic carbocycles. The van der Waals surface area contributed by atoms with E-state index in [0.29, 0.717) is 0 Å². The summed E-state index contributed by atoms with van der Waals surface area (Å²) >= 11 is 0. The van der Waals surface area contributed by atoms with Crippen LogP contribution in [0, 0.1) is 0 Å². The van der Waals surface area contributed by atoms with Crippen LogP contribution in [0.15, 0.2) is 79.4 Å².